The van der Waals surface area contributed by atoms with Crippen LogP contribution in [0.5, 0.6) is 0 Å². The second kappa shape index (κ2) is 7.87. The molecule has 6 heteroatoms. The molecule has 0 aromatic heterocycles. The molecule has 0 aliphatic heterocycles. The lowest BCUT2D eigenvalue weighted by molar-refractivity contribution is -0.211. The molecule has 2 rings (SSSR count). The van der Waals surface area contributed by atoms with Crippen LogP contribution in [0.2, 0.25) is 16.6 Å². The molecule has 0 saturated heterocycles. The zero-order chi connectivity index (χ0) is 23.4. The van der Waals surface area contributed by atoms with Crippen LogP contribution in [0.25, 0.3) is 0 Å². The summed E-state index contributed by atoms with van der Waals surface area (Å²) in [6.45, 7) is 22.6. The summed E-state index contributed by atoms with van der Waals surface area (Å²) in [4.78, 5) is 12.5. The first-order valence-corrected chi connectivity index (χ1v) is 13.3. The van der Waals surface area contributed by atoms with Gasteiger partial charge >= 0.3 is 5.97 Å². The number of carboxylic acid groups (broad SMARTS) is 1. The lowest BCUT2D eigenvalue weighted by Gasteiger charge is -2.59. The van der Waals surface area contributed by atoms with E-state index in [1.54, 1.807) is 19.9 Å². The summed E-state index contributed by atoms with van der Waals surface area (Å²) in [7, 11) is -2.33. The molecule has 2 aliphatic carbocycles. The second-order valence-corrected chi connectivity index (χ2v) is 16.4. The molecule has 0 heterocycles. The number of fused-ring (bicyclic) bond motifs is 1. The van der Waals surface area contributed by atoms with E-state index in [9.17, 15) is 20.1 Å². The largest absolute Gasteiger partial charge is 0.481 e. The van der Waals surface area contributed by atoms with E-state index in [-0.39, 0.29) is 0 Å². The fraction of sp³-hybridized carbons (Fsp3) is 0.792. The average Bonchev–Trinajstić information content (AvgIpc) is 2.76. The topological polar surface area (TPSA) is 87.0 Å². The van der Waals surface area contributed by atoms with Crippen molar-refractivity contribution in [1.82, 2.24) is 0 Å². The van der Waals surface area contributed by atoms with Crippen molar-refractivity contribution in [2.75, 3.05) is 0 Å². The molecule has 1 fully saturated rings. The van der Waals surface area contributed by atoms with Gasteiger partial charge < -0.3 is 19.7 Å². The molecule has 172 valence electrons. The summed E-state index contributed by atoms with van der Waals surface area (Å²) >= 11 is 0. The van der Waals surface area contributed by atoms with E-state index >= 15 is 0 Å². The van der Waals surface area contributed by atoms with Gasteiger partial charge in [0.25, 0.3) is 0 Å². The maximum Gasteiger partial charge on any atom is 0.310 e. The molecule has 2 aliphatic rings. The van der Waals surface area contributed by atoms with Crippen molar-refractivity contribution in [3.05, 3.63) is 24.3 Å². The van der Waals surface area contributed by atoms with Crippen LogP contribution in [-0.4, -0.2) is 46.9 Å². The number of carbonyl (C=O) groups is 1. The number of aliphatic hydroxyl groups is 2. The minimum Gasteiger partial charge on any atom is -0.481 e. The second-order valence-electron chi connectivity index (χ2n) is 11.0. The highest BCUT2D eigenvalue weighted by molar-refractivity contribution is 6.77. The Morgan fingerprint density at radius 3 is 1.90 bits per heavy atom. The average molecular weight is 439 g/mol. The van der Waals surface area contributed by atoms with Crippen LogP contribution < -0.4 is 0 Å². The highest BCUT2D eigenvalue weighted by Crippen LogP contribution is 2.62. The SMILES string of the molecule is C=C(C)[C@@H]1[C@@H](O[Si](C(C)C)(C(C)C)C(C)C)C[C@@]2(C)[C@@](C)(O)C=C[C@@]2(O)[C@H]1C(=O)O. The zero-order valence-electron chi connectivity index (χ0n) is 20.2. The van der Waals surface area contributed by atoms with Crippen LogP contribution in [0.4, 0.5) is 0 Å². The Morgan fingerprint density at radius 1 is 1.07 bits per heavy atom. The molecule has 0 amide bonds. The first-order chi connectivity index (χ1) is 13.5. The van der Waals surface area contributed by atoms with Crippen molar-refractivity contribution in [1.29, 1.82) is 0 Å². The molecule has 0 spiro atoms. The van der Waals surface area contributed by atoms with Gasteiger partial charge in [-0.25, -0.2) is 0 Å². The van der Waals surface area contributed by atoms with E-state index in [0.717, 1.165) is 0 Å². The third kappa shape index (κ3) is 3.35. The Bertz CT molecular complexity index is 703. The Labute approximate surface area is 183 Å². The molecular weight excluding hydrogens is 396 g/mol. The van der Waals surface area contributed by atoms with Gasteiger partial charge in [-0.1, -0.05) is 72.8 Å². The Hall–Kier alpha value is -0.953. The maximum absolute atomic E-state index is 12.5. The standard InChI is InChI=1S/C24H42O5Si/c1-14(2)19-18(29-30(15(3)4,16(5)6)17(7)8)13-22(9)23(10,27)11-12-24(22,28)20(19)21(25)26/h11-12,15-20,27-28H,1,13H2,2-10H3,(H,25,26)/t18-,19+,20+,22-,23-,24+/m0/s1. The van der Waals surface area contributed by atoms with Crippen LogP contribution in [0.1, 0.15) is 68.7 Å². The van der Waals surface area contributed by atoms with E-state index in [0.29, 0.717) is 28.6 Å². The highest BCUT2D eigenvalue weighted by Gasteiger charge is 2.70. The van der Waals surface area contributed by atoms with Crippen LogP contribution in [-0.2, 0) is 9.22 Å². The van der Waals surface area contributed by atoms with Gasteiger partial charge in [0.15, 0.2) is 0 Å². The summed E-state index contributed by atoms with van der Waals surface area (Å²) in [6.07, 6.45) is 2.99. The minimum atomic E-state index is -2.33. The third-order valence-corrected chi connectivity index (χ3v) is 14.5. The molecule has 0 radical (unpaired) electrons. The van der Waals surface area contributed by atoms with Gasteiger partial charge in [-0.3, -0.25) is 4.79 Å². The van der Waals surface area contributed by atoms with Gasteiger partial charge in [-0.2, -0.15) is 0 Å². The number of hydrogen-bond acceptors (Lipinski definition) is 4. The lowest BCUT2D eigenvalue weighted by Crippen LogP contribution is -2.68. The van der Waals surface area contributed by atoms with Crippen LogP contribution in [0.3, 0.4) is 0 Å². The highest BCUT2D eigenvalue weighted by atomic mass is 28.4. The predicted molar refractivity (Wildman–Crippen MR) is 123 cm³/mol. The molecule has 0 aromatic carbocycles. The van der Waals surface area contributed by atoms with E-state index in [2.05, 4.69) is 48.1 Å². The summed E-state index contributed by atoms with van der Waals surface area (Å²) < 4.78 is 7.09. The summed E-state index contributed by atoms with van der Waals surface area (Å²) in [5.74, 6) is -2.76. The van der Waals surface area contributed by atoms with E-state index < -0.39 is 48.8 Å². The van der Waals surface area contributed by atoms with Crippen molar-refractivity contribution in [3.8, 4) is 0 Å². The lowest BCUT2D eigenvalue weighted by atomic mass is 9.52. The Morgan fingerprint density at radius 2 is 1.53 bits per heavy atom. The summed E-state index contributed by atoms with van der Waals surface area (Å²) in [6, 6.07) is 0. The molecule has 1 saturated carbocycles. The first-order valence-electron chi connectivity index (χ1n) is 11.2. The fourth-order valence-electron chi connectivity index (χ4n) is 6.63. The van der Waals surface area contributed by atoms with Gasteiger partial charge in [0.2, 0.25) is 8.32 Å². The van der Waals surface area contributed by atoms with E-state index in [4.69, 9.17) is 4.43 Å². The molecule has 0 bridgehead atoms. The van der Waals surface area contributed by atoms with Gasteiger partial charge in [0.05, 0.1) is 17.6 Å². The monoisotopic (exact) mass is 438 g/mol. The van der Waals surface area contributed by atoms with Crippen molar-refractivity contribution in [2.24, 2.45) is 17.3 Å². The Balaban J connectivity index is 2.70. The van der Waals surface area contributed by atoms with Crippen molar-refractivity contribution < 1.29 is 24.5 Å². The van der Waals surface area contributed by atoms with Crippen LogP contribution in [0, 0.1) is 17.3 Å². The first kappa shape index (κ1) is 25.3. The molecule has 6 atom stereocenters. The number of rotatable bonds is 7. The number of aliphatic carboxylic acids is 1. The smallest absolute Gasteiger partial charge is 0.310 e. The molecule has 0 aromatic rings. The van der Waals surface area contributed by atoms with E-state index in [1.165, 1.54) is 6.08 Å². The summed E-state index contributed by atoms with van der Waals surface area (Å²) in [5, 5.41) is 33.1. The molecular formula is C24H42O5Si. The fourth-order valence-corrected chi connectivity index (χ4v) is 12.2. The quantitative estimate of drug-likeness (QED) is 0.389. The summed E-state index contributed by atoms with van der Waals surface area (Å²) in [5.41, 5.74) is -2.39. The van der Waals surface area contributed by atoms with Crippen molar-refractivity contribution in [3.63, 3.8) is 0 Å². The number of hydrogen-bond donors (Lipinski definition) is 3. The zero-order valence-corrected chi connectivity index (χ0v) is 21.2. The van der Waals surface area contributed by atoms with Crippen molar-refractivity contribution in [2.45, 2.75) is 103 Å². The van der Waals surface area contributed by atoms with Gasteiger partial charge in [-0.05, 0) is 36.9 Å². The van der Waals surface area contributed by atoms with Gasteiger partial charge in [0, 0.05) is 11.3 Å². The molecule has 30 heavy (non-hydrogen) atoms. The molecule has 5 nitrogen and oxygen atoms in total. The van der Waals surface area contributed by atoms with Crippen LogP contribution >= 0.6 is 0 Å². The van der Waals surface area contributed by atoms with E-state index in [1.807, 2.05) is 6.92 Å². The number of carboxylic acids is 1. The van der Waals surface area contributed by atoms with Gasteiger partial charge in [0.1, 0.15) is 5.60 Å². The maximum atomic E-state index is 12.5. The molecule has 3 N–H and O–H groups in total. The third-order valence-electron chi connectivity index (χ3n) is 8.40. The van der Waals surface area contributed by atoms with Crippen molar-refractivity contribution >= 4 is 14.3 Å². The predicted octanol–water partition coefficient (Wildman–Crippen LogP) is 4.90. The van der Waals surface area contributed by atoms with Crippen LogP contribution in [0.15, 0.2) is 24.3 Å². The minimum absolute atomic E-state index is 0.336. The van der Waals surface area contributed by atoms with Gasteiger partial charge in [-0.15, -0.1) is 0 Å². The Kier molecular flexibility index (Phi) is 6.64. The molecule has 0 unspecified atom stereocenters. The normalized spacial score (nSPS) is 39.1.